The normalized spacial score (nSPS) is 18.8. The van der Waals surface area contributed by atoms with E-state index in [0.717, 1.165) is 16.6 Å². The lowest BCUT2D eigenvalue weighted by atomic mass is 10.1. The molecule has 1 fully saturated rings. The number of amides is 2. The van der Waals surface area contributed by atoms with Crippen LogP contribution >= 0.6 is 0 Å². The van der Waals surface area contributed by atoms with Crippen molar-refractivity contribution in [3.05, 3.63) is 30.1 Å². The largest absolute Gasteiger partial charge is 0.352 e. The zero-order valence-electron chi connectivity index (χ0n) is 11.2. The molecule has 104 valence electrons. The van der Waals surface area contributed by atoms with E-state index < -0.39 is 0 Å². The summed E-state index contributed by atoms with van der Waals surface area (Å²) in [4.78, 5) is 32.2. The molecule has 6 nitrogen and oxygen atoms in total. The Labute approximate surface area is 116 Å². The summed E-state index contributed by atoms with van der Waals surface area (Å²) in [6.07, 6.45) is 1.95. The molecule has 3 rings (SSSR count). The Morgan fingerprint density at radius 3 is 3.15 bits per heavy atom. The van der Waals surface area contributed by atoms with Gasteiger partial charge in [0, 0.05) is 26.6 Å². The number of carbonyl (C=O) groups is 2. The van der Waals surface area contributed by atoms with Gasteiger partial charge in [-0.1, -0.05) is 6.07 Å². The van der Waals surface area contributed by atoms with Crippen molar-refractivity contribution in [3.63, 3.8) is 0 Å². The third-order valence-corrected chi connectivity index (χ3v) is 3.66. The lowest BCUT2D eigenvalue weighted by Crippen LogP contribution is -2.31. The number of nitrogens with zero attached hydrogens (tertiary/aromatic N) is 2. The van der Waals surface area contributed by atoms with Crippen molar-refractivity contribution < 1.29 is 9.59 Å². The number of fused-ring (bicyclic) bond motifs is 1. The minimum absolute atomic E-state index is 0.0315. The maximum Gasteiger partial charge on any atom is 0.225 e. The monoisotopic (exact) mass is 272 g/mol. The first-order chi connectivity index (χ1) is 9.63. The topological polar surface area (TPSA) is 78.1 Å². The Bertz CT molecular complexity index is 664. The second kappa shape index (κ2) is 4.96. The maximum atomic E-state index is 12.0. The number of carbonyl (C=O) groups excluding carboxylic acids is 2. The highest BCUT2D eigenvalue weighted by molar-refractivity contribution is 5.89. The van der Waals surface area contributed by atoms with Gasteiger partial charge >= 0.3 is 0 Å². The molecule has 20 heavy (non-hydrogen) atoms. The lowest BCUT2D eigenvalue weighted by Gasteiger charge is -2.11. The van der Waals surface area contributed by atoms with E-state index in [1.54, 1.807) is 18.3 Å². The summed E-state index contributed by atoms with van der Waals surface area (Å²) < 4.78 is 0. The second-order valence-corrected chi connectivity index (χ2v) is 5.15. The van der Waals surface area contributed by atoms with Crippen molar-refractivity contribution in [2.24, 2.45) is 5.92 Å². The lowest BCUT2D eigenvalue weighted by molar-refractivity contribution is -0.128. The van der Waals surface area contributed by atoms with Crippen LogP contribution in [0.5, 0.6) is 0 Å². The second-order valence-electron chi connectivity index (χ2n) is 5.15. The van der Waals surface area contributed by atoms with Crippen molar-refractivity contribution in [2.75, 3.05) is 13.6 Å². The fourth-order valence-corrected chi connectivity index (χ4v) is 2.47. The molecule has 1 aromatic heterocycles. The Hall–Kier alpha value is -2.37. The molecule has 6 heteroatoms. The van der Waals surface area contributed by atoms with Gasteiger partial charge < -0.3 is 15.2 Å². The third kappa shape index (κ3) is 2.36. The summed E-state index contributed by atoms with van der Waals surface area (Å²) in [6.45, 7) is 0.965. The predicted molar refractivity (Wildman–Crippen MR) is 73.7 cm³/mol. The SMILES string of the molecule is CN1CC(C(=O)NCc2ccc3nc[nH]c3c2)CC1=O. The molecule has 1 aliphatic heterocycles. The highest BCUT2D eigenvalue weighted by Crippen LogP contribution is 2.16. The molecule has 2 N–H and O–H groups in total. The fraction of sp³-hybridized carbons (Fsp3) is 0.357. The highest BCUT2D eigenvalue weighted by atomic mass is 16.2. The molecule has 2 amide bonds. The van der Waals surface area contributed by atoms with Crippen LogP contribution in [0.2, 0.25) is 0 Å². The summed E-state index contributed by atoms with van der Waals surface area (Å²) in [7, 11) is 1.72. The van der Waals surface area contributed by atoms with Gasteiger partial charge in [0.15, 0.2) is 0 Å². The van der Waals surface area contributed by atoms with E-state index in [-0.39, 0.29) is 17.7 Å². The zero-order chi connectivity index (χ0) is 14.1. The van der Waals surface area contributed by atoms with Crippen molar-refractivity contribution in [1.29, 1.82) is 0 Å². The molecule has 0 radical (unpaired) electrons. The molecule has 1 unspecified atom stereocenters. The van der Waals surface area contributed by atoms with Crippen LogP contribution in [0.1, 0.15) is 12.0 Å². The van der Waals surface area contributed by atoms with E-state index >= 15 is 0 Å². The van der Waals surface area contributed by atoms with Gasteiger partial charge in [-0.15, -0.1) is 0 Å². The van der Waals surface area contributed by atoms with E-state index in [9.17, 15) is 9.59 Å². The third-order valence-electron chi connectivity index (χ3n) is 3.66. The van der Waals surface area contributed by atoms with Gasteiger partial charge in [0.2, 0.25) is 11.8 Å². The van der Waals surface area contributed by atoms with Gasteiger partial charge in [0.05, 0.1) is 23.3 Å². The molecule has 2 aromatic rings. The van der Waals surface area contributed by atoms with E-state index in [4.69, 9.17) is 0 Å². The van der Waals surface area contributed by atoms with Crippen molar-refractivity contribution in [3.8, 4) is 0 Å². The Morgan fingerprint density at radius 2 is 2.40 bits per heavy atom. The van der Waals surface area contributed by atoms with Gasteiger partial charge in [0.1, 0.15) is 0 Å². The molecule has 1 aliphatic rings. The summed E-state index contributed by atoms with van der Waals surface area (Å²) in [5.41, 5.74) is 2.86. The molecule has 1 saturated heterocycles. The number of likely N-dealkylation sites (tertiary alicyclic amines) is 1. The van der Waals surface area contributed by atoms with Gasteiger partial charge in [-0.3, -0.25) is 9.59 Å². The summed E-state index contributed by atoms with van der Waals surface area (Å²) in [6, 6.07) is 5.82. The zero-order valence-corrected chi connectivity index (χ0v) is 11.2. The Morgan fingerprint density at radius 1 is 1.55 bits per heavy atom. The highest BCUT2D eigenvalue weighted by Gasteiger charge is 2.31. The number of hydrogen-bond acceptors (Lipinski definition) is 3. The molecular weight excluding hydrogens is 256 g/mol. The molecule has 0 saturated carbocycles. The molecule has 0 aliphatic carbocycles. The number of imidazole rings is 1. The van der Waals surface area contributed by atoms with Crippen LogP contribution in [0.4, 0.5) is 0 Å². The summed E-state index contributed by atoms with van der Waals surface area (Å²) >= 11 is 0. The number of aromatic nitrogens is 2. The number of benzene rings is 1. The van der Waals surface area contributed by atoms with Gasteiger partial charge in [-0.2, -0.15) is 0 Å². The van der Waals surface area contributed by atoms with Crippen LogP contribution in [0.25, 0.3) is 11.0 Å². The predicted octanol–water partition coefficient (Wildman–Crippen LogP) is 0.657. The number of aromatic amines is 1. The van der Waals surface area contributed by atoms with E-state index in [2.05, 4.69) is 15.3 Å². The Kier molecular flexibility index (Phi) is 3.14. The number of hydrogen-bond donors (Lipinski definition) is 2. The van der Waals surface area contributed by atoms with Crippen LogP contribution in [-0.4, -0.2) is 40.3 Å². The number of H-pyrrole nitrogens is 1. The first-order valence-electron chi connectivity index (χ1n) is 6.57. The quantitative estimate of drug-likeness (QED) is 0.861. The summed E-state index contributed by atoms with van der Waals surface area (Å²) in [5.74, 6) is -0.264. The molecule has 2 heterocycles. The molecular formula is C14H16N4O2. The minimum Gasteiger partial charge on any atom is -0.352 e. The molecule has 0 spiro atoms. The molecule has 1 atom stereocenters. The van der Waals surface area contributed by atoms with Crippen LogP contribution in [-0.2, 0) is 16.1 Å². The average molecular weight is 272 g/mol. The van der Waals surface area contributed by atoms with E-state index in [1.165, 1.54) is 0 Å². The van der Waals surface area contributed by atoms with Crippen molar-refractivity contribution in [2.45, 2.75) is 13.0 Å². The standard InChI is InChI=1S/C14H16N4O2/c1-18-7-10(5-13(18)19)14(20)15-6-9-2-3-11-12(4-9)17-8-16-11/h2-4,8,10H,5-7H2,1H3,(H,15,20)(H,16,17). The minimum atomic E-state index is -0.233. The van der Waals surface area contributed by atoms with E-state index in [1.807, 2.05) is 18.2 Å². The number of nitrogens with one attached hydrogen (secondary N) is 2. The van der Waals surface area contributed by atoms with Gasteiger partial charge in [-0.25, -0.2) is 4.98 Å². The first kappa shape index (κ1) is 12.7. The number of rotatable bonds is 3. The van der Waals surface area contributed by atoms with E-state index in [0.29, 0.717) is 19.5 Å². The first-order valence-corrected chi connectivity index (χ1v) is 6.57. The van der Waals surface area contributed by atoms with Crippen LogP contribution in [0.15, 0.2) is 24.5 Å². The van der Waals surface area contributed by atoms with Gasteiger partial charge in [-0.05, 0) is 17.7 Å². The van der Waals surface area contributed by atoms with Crippen molar-refractivity contribution >= 4 is 22.8 Å². The van der Waals surface area contributed by atoms with Crippen LogP contribution < -0.4 is 5.32 Å². The Balaban J connectivity index is 1.61. The van der Waals surface area contributed by atoms with Crippen LogP contribution in [0, 0.1) is 5.92 Å². The summed E-state index contributed by atoms with van der Waals surface area (Å²) in [5, 5.41) is 2.89. The fourth-order valence-electron chi connectivity index (χ4n) is 2.47. The maximum absolute atomic E-state index is 12.0. The average Bonchev–Trinajstić information content (AvgIpc) is 3.03. The molecule has 0 bridgehead atoms. The van der Waals surface area contributed by atoms with Gasteiger partial charge in [0.25, 0.3) is 0 Å². The smallest absolute Gasteiger partial charge is 0.225 e. The molecule has 1 aromatic carbocycles. The van der Waals surface area contributed by atoms with Crippen LogP contribution in [0.3, 0.4) is 0 Å². The van der Waals surface area contributed by atoms with Crippen molar-refractivity contribution in [1.82, 2.24) is 20.2 Å².